The molecule has 3 aromatic rings. The second kappa shape index (κ2) is 7.93. The van der Waals surface area contributed by atoms with Crippen molar-refractivity contribution in [2.75, 3.05) is 7.11 Å². The van der Waals surface area contributed by atoms with Gasteiger partial charge in [-0.05, 0) is 43.3 Å². The van der Waals surface area contributed by atoms with Gasteiger partial charge < -0.3 is 9.30 Å². The fraction of sp³-hybridized carbons (Fsp3) is 0.211. The molecule has 134 valence electrons. The molecule has 2 aromatic carbocycles. The summed E-state index contributed by atoms with van der Waals surface area (Å²) in [4.78, 5) is 12.7. The van der Waals surface area contributed by atoms with Crippen molar-refractivity contribution < 1.29 is 9.53 Å². The van der Waals surface area contributed by atoms with E-state index in [-0.39, 0.29) is 11.0 Å². The van der Waals surface area contributed by atoms with Gasteiger partial charge in [-0.25, -0.2) is 0 Å². The Kier molecular flexibility index (Phi) is 5.64. The molecule has 26 heavy (non-hydrogen) atoms. The fourth-order valence-corrected chi connectivity index (χ4v) is 3.61. The van der Waals surface area contributed by atoms with Crippen molar-refractivity contribution in [2.24, 2.45) is 7.05 Å². The number of nitrogens with zero attached hydrogens (tertiary/aromatic N) is 3. The summed E-state index contributed by atoms with van der Waals surface area (Å²) in [5, 5.41) is 9.43. The molecule has 1 unspecified atom stereocenters. The summed E-state index contributed by atoms with van der Waals surface area (Å²) in [7, 11) is 3.46. The first-order chi connectivity index (χ1) is 12.5. The lowest BCUT2D eigenvalue weighted by Crippen LogP contribution is -2.14. The van der Waals surface area contributed by atoms with Crippen molar-refractivity contribution >= 4 is 29.1 Å². The highest BCUT2D eigenvalue weighted by Crippen LogP contribution is 2.30. The summed E-state index contributed by atoms with van der Waals surface area (Å²) in [6.45, 7) is 1.86. The Bertz CT molecular complexity index is 925. The number of Topliss-reactive ketones (excluding diaryl/α,β-unsaturated/α-hetero) is 1. The average molecular weight is 388 g/mol. The topological polar surface area (TPSA) is 57.0 Å². The number of hydrogen-bond donors (Lipinski definition) is 0. The number of carbonyl (C=O) groups is 1. The van der Waals surface area contributed by atoms with Crippen LogP contribution in [0.25, 0.3) is 11.4 Å². The molecule has 1 aromatic heterocycles. The fourth-order valence-electron chi connectivity index (χ4n) is 2.50. The van der Waals surface area contributed by atoms with Crippen LogP contribution in [0.4, 0.5) is 0 Å². The Labute approximate surface area is 161 Å². The standard InChI is InChI=1S/C19H18ClN3O2S/c1-12(17(24)13-8-10-14(25-3)11-9-13)26-19-22-21-18(23(19)2)15-6-4-5-7-16(15)20/h4-12H,1-3H3. The van der Waals surface area contributed by atoms with Crippen LogP contribution in [-0.4, -0.2) is 32.9 Å². The summed E-state index contributed by atoms with van der Waals surface area (Å²) in [6, 6.07) is 14.6. The minimum atomic E-state index is -0.301. The first-order valence-electron chi connectivity index (χ1n) is 8.00. The van der Waals surface area contributed by atoms with Gasteiger partial charge in [0, 0.05) is 18.2 Å². The predicted molar refractivity (Wildman–Crippen MR) is 104 cm³/mol. The first kappa shape index (κ1) is 18.5. The second-order valence-corrected chi connectivity index (χ2v) is 7.41. The minimum Gasteiger partial charge on any atom is -0.497 e. The molecule has 0 radical (unpaired) electrons. The molecule has 0 saturated heterocycles. The highest BCUT2D eigenvalue weighted by molar-refractivity contribution is 8.00. The number of thioether (sulfide) groups is 1. The number of halogens is 1. The zero-order valence-corrected chi connectivity index (χ0v) is 16.2. The van der Waals surface area contributed by atoms with Gasteiger partial charge in [0.25, 0.3) is 0 Å². The number of hydrogen-bond acceptors (Lipinski definition) is 5. The molecule has 0 amide bonds. The van der Waals surface area contributed by atoms with E-state index in [2.05, 4.69) is 10.2 Å². The number of rotatable bonds is 6. The van der Waals surface area contributed by atoms with Crippen LogP contribution >= 0.6 is 23.4 Å². The van der Waals surface area contributed by atoms with Crippen molar-refractivity contribution in [2.45, 2.75) is 17.3 Å². The lowest BCUT2D eigenvalue weighted by Gasteiger charge is -2.11. The Hall–Kier alpha value is -2.31. The van der Waals surface area contributed by atoms with E-state index in [0.29, 0.717) is 21.6 Å². The molecule has 7 heteroatoms. The number of aromatic nitrogens is 3. The van der Waals surface area contributed by atoms with Crippen LogP contribution in [0.1, 0.15) is 17.3 Å². The highest BCUT2D eigenvalue weighted by Gasteiger charge is 2.21. The second-order valence-electron chi connectivity index (χ2n) is 5.70. The Balaban J connectivity index is 1.78. The van der Waals surface area contributed by atoms with Gasteiger partial charge in [0.05, 0.1) is 17.4 Å². The minimum absolute atomic E-state index is 0.0277. The normalized spacial score (nSPS) is 12.0. The van der Waals surface area contributed by atoms with Gasteiger partial charge in [0.2, 0.25) is 0 Å². The zero-order valence-electron chi connectivity index (χ0n) is 14.6. The molecule has 0 spiro atoms. The third-order valence-corrected chi connectivity index (χ3v) is 5.44. The molecular formula is C19H18ClN3O2S. The lowest BCUT2D eigenvalue weighted by atomic mass is 10.1. The van der Waals surface area contributed by atoms with E-state index >= 15 is 0 Å². The monoisotopic (exact) mass is 387 g/mol. The zero-order chi connectivity index (χ0) is 18.7. The third-order valence-electron chi connectivity index (χ3n) is 3.98. The Morgan fingerprint density at radius 2 is 1.85 bits per heavy atom. The van der Waals surface area contributed by atoms with E-state index in [9.17, 15) is 4.79 Å². The van der Waals surface area contributed by atoms with Gasteiger partial charge in [-0.3, -0.25) is 4.79 Å². The smallest absolute Gasteiger partial charge is 0.191 e. The number of benzene rings is 2. The molecule has 0 aliphatic heterocycles. The molecule has 5 nitrogen and oxygen atoms in total. The van der Waals surface area contributed by atoms with Crippen LogP contribution in [0, 0.1) is 0 Å². The molecule has 0 aliphatic carbocycles. The van der Waals surface area contributed by atoms with Crippen molar-refractivity contribution in [3.8, 4) is 17.1 Å². The summed E-state index contributed by atoms with van der Waals surface area (Å²) < 4.78 is 6.98. The van der Waals surface area contributed by atoms with Crippen molar-refractivity contribution in [1.82, 2.24) is 14.8 Å². The van der Waals surface area contributed by atoms with Crippen LogP contribution < -0.4 is 4.74 Å². The van der Waals surface area contributed by atoms with Crippen LogP contribution in [0.15, 0.2) is 53.7 Å². The Morgan fingerprint density at radius 3 is 2.50 bits per heavy atom. The number of carbonyl (C=O) groups excluding carboxylic acids is 1. The highest BCUT2D eigenvalue weighted by atomic mass is 35.5. The quantitative estimate of drug-likeness (QED) is 0.460. The lowest BCUT2D eigenvalue weighted by molar-refractivity contribution is 0.0994. The van der Waals surface area contributed by atoms with Crippen LogP contribution in [-0.2, 0) is 7.05 Å². The maximum Gasteiger partial charge on any atom is 0.191 e. The van der Waals surface area contributed by atoms with Gasteiger partial charge in [0.1, 0.15) is 5.75 Å². The first-order valence-corrected chi connectivity index (χ1v) is 9.26. The van der Waals surface area contributed by atoms with E-state index in [0.717, 1.165) is 11.3 Å². The summed E-state index contributed by atoms with van der Waals surface area (Å²) in [5.41, 5.74) is 1.45. The molecule has 0 saturated carbocycles. The maximum atomic E-state index is 12.7. The van der Waals surface area contributed by atoms with Crippen LogP contribution in [0.3, 0.4) is 0 Å². The molecule has 1 atom stereocenters. The molecule has 0 aliphatic rings. The van der Waals surface area contributed by atoms with E-state index in [1.807, 2.05) is 42.8 Å². The third kappa shape index (κ3) is 3.76. The van der Waals surface area contributed by atoms with Crippen LogP contribution in [0.2, 0.25) is 5.02 Å². The number of ether oxygens (including phenoxy) is 1. The van der Waals surface area contributed by atoms with Crippen LogP contribution in [0.5, 0.6) is 5.75 Å². The molecule has 3 rings (SSSR count). The summed E-state index contributed by atoms with van der Waals surface area (Å²) in [6.07, 6.45) is 0. The van der Waals surface area contributed by atoms with Gasteiger partial charge in [-0.15, -0.1) is 10.2 Å². The van der Waals surface area contributed by atoms with Gasteiger partial charge in [-0.1, -0.05) is 35.5 Å². The van der Waals surface area contributed by atoms with Gasteiger partial charge in [0.15, 0.2) is 16.8 Å². The number of ketones is 1. The summed E-state index contributed by atoms with van der Waals surface area (Å²) in [5.74, 6) is 1.42. The van der Waals surface area contributed by atoms with Gasteiger partial charge in [-0.2, -0.15) is 0 Å². The van der Waals surface area contributed by atoms with Crippen molar-refractivity contribution in [1.29, 1.82) is 0 Å². The van der Waals surface area contributed by atoms with E-state index in [4.69, 9.17) is 16.3 Å². The summed E-state index contributed by atoms with van der Waals surface area (Å²) >= 11 is 7.62. The van der Waals surface area contributed by atoms with Gasteiger partial charge >= 0.3 is 0 Å². The van der Waals surface area contributed by atoms with E-state index in [1.54, 1.807) is 31.4 Å². The molecule has 1 heterocycles. The molecule has 0 fully saturated rings. The SMILES string of the molecule is COc1ccc(C(=O)C(C)Sc2nnc(-c3ccccc3Cl)n2C)cc1. The maximum absolute atomic E-state index is 12.7. The number of methoxy groups -OCH3 is 1. The van der Waals surface area contributed by atoms with Crippen molar-refractivity contribution in [3.63, 3.8) is 0 Å². The van der Waals surface area contributed by atoms with E-state index in [1.165, 1.54) is 11.8 Å². The molecular weight excluding hydrogens is 370 g/mol. The predicted octanol–water partition coefficient (Wildman–Crippen LogP) is 4.51. The Morgan fingerprint density at radius 1 is 1.15 bits per heavy atom. The average Bonchev–Trinajstić information content (AvgIpc) is 3.02. The largest absolute Gasteiger partial charge is 0.497 e. The molecule has 0 N–H and O–H groups in total. The molecule has 0 bridgehead atoms. The van der Waals surface area contributed by atoms with Crippen molar-refractivity contribution in [3.05, 3.63) is 59.1 Å². The van der Waals surface area contributed by atoms with E-state index < -0.39 is 0 Å².